The van der Waals surface area contributed by atoms with E-state index in [1.807, 2.05) is 4.90 Å². The number of aryl methyl sites for hydroxylation is 1. The summed E-state index contributed by atoms with van der Waals surface area (Å²) in [6, 6.07) is 8.59. The monoisotopic (exact) mass is 338 g/mol. The molecule has 0 saturated carbocycles. The van der Waals surface area contributed by atoms with Crippen LogP contribution >= 0.6 is 12.4 Å². The fraction of sp³-hybridized carbons (Fsp3) is 0.611. The molecular weight excluding hydrogens is 312 g/mol. The lowest BCUT2D eigenvalue weighted by atomic mass is 9.85. The Labute approximate surface area is 144 Å². The van der Waals surface area contributed by atoms with Gasteiger partial charge in [0.15, 0.2) is 0 Å². The number of halogens is 1. The molecule has 128 valence electrons. The highest BCUT2D eigenvalue weighted by Crippen LogP contribution is 2.31. The molecule has 2 fully saturated rings. The first-order valence-electron chi connectivity index (χ1n) is 8.32. The first-order chi connectivity index (χ1) is 10.6. The van der Waals surface area contributed by atoms with Gasteiger partial charge in [0.05, 0.1) is 5.54 Å². The van der Waals surface area contributed by atoms with Gasteiger partial charge in [0, 0.05) is 26.3 Å². The molecule has 4 nitrogen and oxygen atoms in total. The molecule has 0 atom stereocenters. The molecular formula is C18H27ClN2O2. The van der Waals surface area contributed by atoms with Gasteiger partial charge in [-0.15, -0.1) is 12.4 Å². The molecule has 2 saturated heterocycles. The minimum atomic E-state index is -0.701. The molecule has 2 heterocycles. The third kappa shape index (κ3) is 3.87. The van der Waals surface area contributed by atoms with Crippen molar-refractivity contribution in [3.05, 3.63) is 35.4 Å². The van der Waals surface area contributed by atoms with Crippen LogP contribution in [0.5, 0.6) is 0 Å². The van der Waals surface area contributed by atoms with Crippen molar-refractivity contribution in [3.63, 3.8) is 0 Å². The first kappa shape index (κ1) is 18.2. The second-order valence-corrected chi connectivity index (χ2v) is 6.69. The summed E-state index contributed by atoms with van der Waals surface area (Å²) in [6.07, 6.45) is 3.35. The number of nitrogens with two attached hydrogens (primary N) is 1. The summed E-state index contributed by atoms with van der Waals surface area (Å²) in [6.45, 7) is 5.00. The summed E-state index contributed by atoms with van der Waals surface area (Å²) in [5.41, 5.74) is 8.42. The molecule has 1 amide bonds. The third-order valence-corrected chi connectivity index (χ3v) is 5.22. The predicted molar refractivity (Wildman–Crippen MR) is 94.0 cm³/mol. The zero-order valence-corrected chi connectivity index (χ0v) is 14.6. The molecule has 1 aromatic carbocycles. The molecule has 2 aliphatic rings. The van der Waals surface area contributed by atoms with Gasteiger partial charge in [-0.1, -0.05) is 24.3 Å². The standard InChI is InChI=1S/C18H26N2O2.ClH/c1-14-4-2-3-5-16(14)15-6-10-20(11-7-15)17(21)18(19)8-12-22-13-9-18;/h2-5,15H,6-13,19H2,1H3;1H. The molecule has 1 aromatic rings. The molecule has 0 unspecified atom stereocenters. The van der Waals surface area contributed by atoms with E-state index in [1.54, 1.807) is 0 Å². The number of rotatable bonds is 2. The second kappa shape index (κ2) is 7.65. The molecule has 0 aliphatic carbocycles. The van der Waals surface area contributed by atoms with E-state index in [9.17, 15) is 4.79 Å². The highest BCUT2D eigenvalue weighted by atomic mass is 35.5. The Kier molecular flexibility index (Phi) is 6.06. The van der Waals surface area contributed by atoms with E-state index in [1.165, 1.54) is 11.1 Å². The Hall–Kier alpha value is -1.10. The number of carbonyl (C=O) groups excluding carboxylic acids is 1. The zero-order chi connectivity index (χ0) is 15.6. The highest BCUT2D eigenvalue weighted by molar-refractivity contribution is 5.86. The maximum Gasteiger partial charge on any atom is 0.242 e. The minimum Gasteiger partial charge on any atom is -0.381 e. The average Bonchev–Trinajstić information content (AvgIpc) is 2.55. The van der Waals surface area contributed by atoms with E-state index in [2.05, 4.69) is 31.2 Å². The molecule has 0 bridgehead atoms. The number of piperidine rings is 1. The maximum absolute atomic E-state index is 12.7. The topological polar surface area (TPSA) is 55.6 Å². The van der Waals surface area contributed by atoms with Crippen LogP contribution < -0.4 is 5.73 Å². The molecule has 3 rings (SSSR count). The lowest BCUT2D eigenvalue weighted by Gasteiger charge is -2.40. The predicted octanol–water partition coefficient (Wildman–Crippen LogP) is 2.63. The number of benzene rings is 1. The van der Waals surface area contributed by atoms with Gasteiger partial charge in [0.1, 0.15) is 0 Å². The number of likely N-dealkylation sites (tertiary alicyclic amines) is 1. The Morgan fingerprint density at radius 1 is 1.22 bits per heavy atom. The summed E-state index contributed by atoms with van der Waals surface area (Å²) < 4.78 is 5.34. The van der Waals surface area contributed by atoms with Crippen molar-refractivity contribution in [1.82, 2.24) is 4.90 Å². The second-order valence-electron chi connectivity index (χ2n) is 6.69. The van der Waals surface area contributed by atoms with Crippen LogP contribution in [-0.2, 0) is 9.53 Å². The van der Waals surface area contributed by atoms with Crippen LogP contribution in [0.15, 0.2) is 24.3 Å². The number of carbonyl (C=O) groups is 1. The normalized spacial score (nSPS) is 21.6. The van der Waals surface area contributed by atoms with Gasteiger partial charge in [-0.25, -0.2) is 0 Å². The van der Waals surface area contributed by atoms with E-state index >= 15 is 0 Å². The number of hydrogen-bond donors (Lipinski definition) is 1. The quantitative estimate of drug-likeness (QED) is 0.901. The van der Waals surface area contributed by atoms with Gasteiger partial charge in [-0.3, -0.25) is 4.79 Å². The fourth-order valence-electron chi connectivity index (χ4n) is 3.70. The van der Waals surface area contributed by atoms with Gasteiger partial charge >= 0.3 is 0 Å². The van der Waals surface area contributed by atoms with E-state index < -0.39 is 5.54 Å². The molecule has 2 N–H and O–H groups in total. The third-order valence-electron chi connectivity index (χ3n) is 5.22. The average molecular weight is 339 g/mol. The summed E-state index contributed by atoms with van der Waals surface area (Å²) in [5.74, 6) is 0.688. The summed E-state index contributed by atoms with van der Waals surface area (Å²) in [5, 5.41) is 0. The number of ether oxygens (including phenoxy) is 1. The van der Waals surface area contributed by atoms with Crippen LogP contribution in [0.3, 0.4) is 0 Å². The number of amides is 1. The van der Waals surface area contributed by atoms with Crippen LogP contribution in [0.4, 0.5) is 0 Å². The summed E-state index contributed by atoms with van der Waals surface area (Å²) in [4.78, 5) is 14.7. The van der Waals surface area contributed by atoms with Crippen LogP contribution in [0.1, 0.15) is 42.7 Å². The van der Waals surface area contributed by atoms with Gasteiger partial charge in [0.2, 0.25) is 5.91 Å². The summed E-state index contributed by atoms with van der Waals surface area (Å²) >= 11 is 0. The van der Waals surface area contributed by atoms with Gasteiger partial charge in [0.25, 0.3) is 0 Å². The van der Waals surface area contributed by atoms with Crippen molar-refractivity contribution in [1.29, 1.82) is 0 Å². The van der Waals surface area contributed by atoms with Crippen LogP contribution in [0.25, 0.3) is 0 Å². The Balaban J connectivity index is 0.00000192. The molecule has 23 heavy (non-hydrogen) atoms. The lowest BCUT2D eigenvalue weighted by Crippen LogP contribution is -2.59. The van der Waals surface area contributed by atoms with Crippen LogP contribution in [0.2, 0.25) is 0 Å². The van der Waals surface area contributed by atoms with Crippen molar-refractivity contribution >= 4 is 18.3 Å². The SMILES string of the molecule is Cc1ccccc1C1CCN(C(=O)C2(N)CCOCC2)CC1.Cl. The lowest BCUT2D eigenvalue weighted by molar-refractivity contribution is -0.141. The van der Waals surface area contributed by atoms with Crippen LogP contribution in [-0.4, -0.2) is 42.6 Å². The Morgan fingerprint density at radius 2 is 1.83 bits per heavy atom. The summed E-state index contributed by atoms with van der Waals surface area (Å²) in [7, 11) is 0. The maximum atomic E-state index is 12.7. The molecule has 0 spiro atoms. The van der Waals surface area contributed by atoms with Crippen molar-refractivity contribution < 1.29 is 9.53 Å². The first-order valence-corrected chi connectivity index (χ1v) is 8.32. The minimum absolute atomic E-state index is 0. The zero-order valence-electron chi connectivity index (χ0n) is 13.8. The smallest absolute Gasteiger partial charge is 0.242 e. The van der Waals surface area contributed by atoms with E-state index in [4.69, 9.17) is 10.5 Å². The van der Waals surface area contributed by atoms with E-state index in [-0.39, 0.29) is 18.3 Å². The Morgan fingerprint density at radius 3 is 2.43 bits per heavy atom. The molecule has 5 heteroatoms. The largest absolute Gasteiger partial charge is 0.381 e. The fourth-order valence-corrected chi connectivity index (χ4v) is 3.70. The number of hydrogen-bond acceptors (Lipinski definition) is 3. The van der Waals surface area contributed by atoms with Crippen molar-refractivity contribution in [2.75, 3.05) is 26.3 Å². The Bertz CT molecular complexity index is 536. The molecule has 0 radical (unpaired) electrons. The molecule has 0 aromatic heterocycles. The van der Waals surface area contributed by atoms with E-state index in [0.717, 1.165) is 25.9 Å². The van der Waals surface area contributed by atoms with Crippen molar-refractivity contribution in [3.8, 4) is 0 Å². The van der Waals surface area contributed by atoms with Gasteiger partial charge in [-0.05, 0) is 49.7 Å². The number of nitrogens with zero attached hydrogens (tertiary/aromatic N) is 1. The van der Waals surface area contributed by atoms with Crippen molar-refractivity contribution in [2.45, 2.75) is 44.1 Å². The van der Waals surface area contributed by atoms with E-state index in [0.29, 0.717) is 32.0 Å². The van der Waals surface area contributed by atoms with Crippen molar-refractivity contribution in [2.24, 2.45) is 5.73 Å². The molecule has 2 aliphatic heterocycles. The van der Waals surface area contributed by atoms with Crippen LogP contribution in [0, 0.1) is 6.92 Å². The highest BCUT2D eigenvalue weighted by Gasteiger charge is 2.40. The van der Waals surface area contributed by atoms with Gasteiger partial charge in [-0.2, -0.15) is 0 Å². The van der Waals surface area contributed by atoms with Gasteiger partial charge < -0.3 is 15.4 Å².